The van der Waals surface area contributed by atoms with Crippen LogP contribution in [0.15, 0.2) is 0 Å². The van der Waals surface area contributed by atoms with Crippen LogP contribution in [-0.4, -0.2) is 68.7 Å². The summed E-state index contributed by atoms with van der Waals surface area (Å²) in [4.78, 5) is 3.72. The Morgan fingerprint density at radius 1 is 1.56 bits per heavy atom. The standard InChI is InChI=1S/C11H21N5O2/c1-3-4-16-5-6-18-10(8-16)9(17)7-11-12-14-15(2)13-11/h9-10,17H,3-8H2,1-2H3. The van der Waals surface area contributed by atoms with Gasteiger partial charge in [0.25, 0.3) is 0 Å². The fourth-order valence-corrected chi connectivity index (χ4v) is 2.21. The van der Waals surface area contributed by atoms with Crippen LogP contribution in [0.1, 0.15) is 19.2 Å². The maximum atomic E-state index is 10.2. The molecule has 0 spiro atoms. The minimum absolute atomic E-state index is 0.158. The van der Waals surface area contributed by atoms with Gasteiger partial charge in [0.05, 0.1) is 25.9 Å². The highest BCUT2D eigenvalue weighted by Crippen LogP contribution is 2.11. The predicted molar refractivity (Wildman–Crippen MR) is 65.0 cm³/mol. The monoisotopic (exact) mass is 255 g/mol. The molecule has 0 aromatic carbocycles. The van der Waals surface area contributed by atoms with E-state index in [1.165, 1.54) is 4.80 Å². The first-order valence-corrected chi connectivity index (χ1v) is 6.44. The van der Waals surface area contributed by atoms with Gasteiger partial charge in [-0.15, -0.1) is 10.2 Å². The topological polar surface area (TPSA) is 76.3 Å². The molecular formula is C11H21N5O2. The van der Waals surface area contributed by atoms with Gasteiger partial charge in [0.2, 0.25) is 0 Å². The number of rotatable bonds is 5. The van der Waals surface area contributed by atoms with Crippen molar-refractivity contribution >= 4 is 0 Å². The number of morpholine rings is 1. The highest BCUT2D eigenvalue weighted by atomic mass is 16.5. The highest BCUT2D eigenvalue weighted by molar-refractivity contribution is 4.87. The fraction of sp³-hybridized carbons (Fsp3) is 0.909. The molecule has 1 N–H and O–H groups in total. The molecule has 2 rings (SSSR count). The minimum atomic E-state index is -0.575. The molecule has 0 saturated carbocycles. The summed E-state index contributed by atoms with van der Waals surface area (Å²) in [6, 6.07) is 0. The Labute approximate surface area is 107 Å². The maximum Gasteiger partial charge on any atom is 0.177 e. The normalized spacial score (nSPS) is 23.2. The first kappa shape index (κ1) is 13.4. The van der Waals surface area contributed by atoms with Gasteiger partial charge in [0, 0.05) is 19.5 Å². The minimum Gasteiger partial charge on any atom is -0.390 e. The van der Waals surface area contributed by atoms with Crippen LogP contribution in [-0.2, 0) is 18.2 Å². The molecule has 2 atom stereocenters. The lowest BCUT2D eigenvalue weighted by atomic mass is 10.1. The van der Waals surface area contributed by atoms with Crippen molar-refractivity contribution in [3.63, 3.8) is 0 Å². The number of nitrogens with zero attached hydrogens (tertiary/aromatic N) is 5. The molecule has 1 aliphatic rings. The van der Waals surface area contributed by atoms with Crippen LogP contribution in [0.2, 0.25) is 0 Å². The molecule has 0 bridgehead atoms. The second-order valence-corrected chi connectivity index (χ2v) is 4.68. The molecule has 1 aliphatic heterocycles. The van der Waals surface area contributed by atoms with Crippen molar-refractivity contribution in [2.45, 2.75) is 32.0 Å². The van der Waals surface area contributed by atoms with E-state index in [0.717, 1.165) is 26.1 Å². The van der Waals surface area contributed by atoms with E-state index in [-0.39, 0.29) is 6.10 Å². The molecule has 2 heterocycles. The molecule has 1 saturated heterocycles. The number of aliphatic hydroxyl groups excluding tert-OH is 1. The lowest BCUT2D eigenvalue weighted by molar-refractivity contribution is -0.0882. The lowest BCUT2D eigenvalue weighted by Gasteiger charge is -2.34. The van der Waals surface area contributed by atoms with Gasteiger partial charge in [-0.05, 0) is 18.2 Å². The van der Waals surface area contributed by atoms with E-state index in [2.05, 4.69) is 27.2 Å². The number of hydrogen-bond acceptors (Lipinski definition) is 6. The highest BCUT2D eigenvalue weighted by Gasteiger charge is 2.27. The first-order valence-electron chi connectivity index (χ1n) is 6.44. The summed E-state index contributed by atoms with van der Waals surface area (Å²) < 4.78 is 5.62. The van der Waals surface area contributed by atoms with Crippen LogP contribution in [0.25, 0.3) is 0 Å². The molecular weight excluding hydrogens is 234 g/mol. The van der Waals surface area contributed by atoms with Gasteiger partial charge in [-0.25, -0.2) is 0 Å². The van der Waals surface area contributed by atoms with Gasteiger partial charge >= 0.3 is 0 Å². The third-order valence-electron chi connectivity index (χ3n) is 3.09. The third kappa shape index (κ3) is 3.47. The van der Waals surface area contributed by atoms with Crippen LogP contribution in [0.3, 0.4) is 0 Å². The quantitative estimate of drug-likeness (QED) is 0.744. The molecule has 102 valence electrons. The van der Waals surface area contributed by atoms with Gasteiger partial charge in [-0.2, -0.15) is 4.80 Å². The molecule has 7 nitrogen and oxygen atoms in total. The summed E-state index contributed by atoms with van der Waals surface area (Å²) in [6.07, 6.45) is 0.774. The number of tetrazole rings is 1. The van der Waals surface area contributed by atoms with Crippen molar-refractivity contribution in [3.8, 4) is 0 Å². The summed E-state index contributed by atoms with van der Waals surface area (Å²) in [6.45, 7) is 5.60. The Bertz CT molecular complexity index is 368. The second kappa shape index (κ2) is 6.21. The van der Waals surface area contributed by atoms with Crippen LogP contribution in [0.5, 0.6) is 0 Å². The van der Waals surface area contributed by atoms with Crippen molar-refractivity contribution in [1.29, 1.82) is 0 Å². The molecule has 1 aromatic rings. The average molecular weight is 255 g/mol. The number of aliphatic hydroxyl groups is 1. The van der Waals surface area contributed by atoms with Crippen molar-refractivity contribution in [2.75, 3.05) is 26.2 Å². The van der Waals surface area contributed by atoms with Crippen LogP contribution >= 0.6 is 0 Å². The van der Waals surface area contributed by atoms with Gasteiger partial charge in [0.15, 0.2) is 5.82 Å². The fourth-order valence-electron chi connectivity index (χ4n) is 2.21. The molecule has 18 heavy (non-hydrogen) atoms. The Hall–Kier alpha value is -1.05. The van der Waals surface area contributed by atoms with Crippen molar-refractivity contribution in [2.24, 2.45) is 7.05 Å². The van der Waals surface area contributed by atoms with E-state index in [1.54, 1.807) is 7.05 Å². The zero-order chi connectivity index (χ0) is 13.0. The maximum absolute atomic E-state index is 10.2. The summed E-state index contributed by atoms with van der Waals surface area (Å²) in [5, 5.41) is 21.9. The average Bonchev–Trinajstić information content (AvgIpc) is 2.75. The molecule has 0 radical (unpaired) electrons. The molecule has 0 aliphatic carbocycles. The SMILES string of the molecule is CCCN1CCOC(C(O)Cc2nnn(C)n2)C1. The summed E-state index contributed by atoms with van der Waals surface area (Å²) in [5.41, 5.74) is 0. The van der Waals surface area contributed by atoms with E-state index in [0.29, 0.717) is 18.9 Å². The van der Waals surface area contributed by atoms with Gasteiger partial charge in [-0.1, -0.05) is 6.92 Å². The van der Waals surface area contributed by atoms with Gasteiger partial charge < -0.3 is 9.84 Å². The predicted octanol–water partition coefficient (Wildman–Crippen LogP) is -0.776. The Morgan fingerprint density at radius 3 is 3.06 bits per heavy atom. The Morgan fingerprint density at radius 2 is 2.39 bits per heavy atom. The van der Waals surface area contributed by atoms with Gasteiger partial charge in [0.1, 0.15) is 0 Å². The number of aromatic nitrogens is 4. The Balaban J connectivity index is 1.86. The first-order chi connectivity index (χ1) is 8.69. The number of hydrogen-bond donors (Lipinski definition) is 1. The van der Waals surface area contributed by atoms with E-state index in [4.69, 9.17) is 4.74 Å². The summed E-state index contributed by atoms with van der Waals surface area (Å²) in [5.74, 6) is 0.557. The third-order valence-corrected chi connectivity index (χ3v) is 3.09. The smallest absolute Gasteiger partial charge is 0.177 e. The Kier molecular flexibility index (Phi) is 4.62. The van der Waals surface area contributed by atoms with E-state index in [9.17, 15) is 5.11 Å². The van der Waals surface area contributed by atoms with Crippen LogP contribution < -0.4 is 0 Å². The van der Waals surface area contributed by atoms with Crippen LogP contribution in [0.4, 0.5) is 0 Å². The van der Waals surface area contributed by atoms with Gasteiger partial charge in [-0.3, -0.25) is 4.90 Å². The zero-order valence-electron chi connectivity index (χ0n) is 11.0. The lowest BCUT2D eigenvalue weighted by Crippen LogP contribution is -2.48. The molecule has 7 heteroatoms. The number of ether oxygens (including phenoxy) is 1. The van der Waals surface area contributed by atoms with Crippen molar-refractivity contribution < 1.29 is 9.84 Å². The van der Waals surface area contributed by atoms with Crippen molar-refractivity contribution in [1.82, 2.24) is 25.1 Å². The molecule has 0 amide bonds. The van der Waals surface area contributed by atoms with E-state index in [1.807, 2.05) is 0 Å². The summed E-state index contributed by atoms with van der Waals surface area (Å²) in [7, 11) is 1.71. The van der Waals surface area contributed by atoms with Crippen LogP contribution in [0, 0.1) is 0 Å². The van der Waals surface area contributed by atoms with E-state index >= 15 is 0 Å². The van der Waals surface area contributed by atoms with Crippen molar-refractivity contribution in [3.05, 3.63) is 5.82 Å². The van der Waals surface area contributed by atoms with E-state index < -0.39 is 6.10 Å². The molecule has 1 aromatic heterocycles. The largest absolute Gasteiger partial charge is 0.390 e. The number of aryl methyl sites for hydroxylation is 1. The molecule has 1 fully saturated rings. The zero-order valence-corrected chi connectivity index (χ0v) is 11.0. The second-order valence-electron chi connectivity index (χ2n) is 4.68. The molecule has 2 unspecified atom stereocenters. The summed E-state index contributed by atoms with van der Waals surface area (Å²) >= 11 is 0.